The van der Waals surface area contributed by atoms with Gasteiger partial charge in [-0.3, -0.25) is 9.59 Å². The maximum absolute atomic E-state index is 13.4. The molecule has 0 bridgehead atoms. The lowest BCUT2D eigenvalue weighted by Crippen LogP contribution is -2.39. The number of fused-ring (bicyclic) bond motifs is 1. The van der Waals surface area contributed by atoms with Gasteiger partial charge in [0.2, 0.25) is 0 Å². The summed E-state index contributed by atoms with van der Waals surface area (Å²) in [5.74, 6) is -2.04. The molecule has 0 spiro atoms. The highest BCUT2D eigenvalue weighted by molar-refractivity contribution is 6.26. The Bertz CT molecular complexity index is 869. The molecule has 2 amide bonds. The first kappa shape index (κ1) is 14.4. The van der Waals surface area contributed by atoms with Crippen LogP contribution >= 0.6 is 0 Å². The largest absolute Gasteiger partial charge is 0.271 e. The Kier molecular flexibility index (Phi) is 3.12. The fourth-order valence-electron chi connectivity index (χ4n) is 2.84. The normalized spacial score (nSPS) is 22.4. The van der Waals surface area contributed by atoms with Crippen LogP contribution in [-0.4, -0.2) is 23.9 Å². The van der Waals surface area contributed by atoms with E-state index in [1.54, 1.807) is 6.07 Å². The van der Waals surface area contributed by atoms with Gasteiger partial charge in [-0.15, -0.1) is 0 Å². The molecule has 2 aromatic carbocycles. The first-order valence-electron chi connectivity index (χ1n) is 7.15. The molecule has 0 radical (unpaired) electrons. The summed E-state index contributed by atoms with van der Waals surface area (Å²) < 4.78 is 26.5. The van der Waals surface area contributed by atoms with Crippen molar-refractivity contribution in [2.75, 3.05) is 9.91 Å². The van der Waals surface area contributed by atoms with Gasteiger partial charge in [-0.2, -0.15) is 5.11 Å². The van der Waals surface area contributed by atoms with Crippen molar-refractivity contribution in [2.45, 2.75) is 12.1 Å². The molecule has 0 saturated carbocycles. The van der Waals surface area contributed by atoms with E-state index in [-0.39, 0.29) is 5.69 Å². The van der Waals surface area contributed by atoms with E-state index < -0.39 is 35.5 Å². The second-order valence-electron chi connectivity index (χ2n) is 5.41. The van der Waals surface area contributed by atoms with Gasteiger partial charge in [-0.05, 0) is 42.5 Å². The number of carbonyl (C=O) groups is 2. The summed E-state index contributed by atoms with van der Waals surface area (Å²) in [6.45, 7) is 0. The highest BCUT2D eigenvalue weighted by Crippen LogP contribution is 2.34. The Hall–Kier alpha value is -3.16. The zero-order valence-electron chi connectivity index (χ0n) is 12.1. The summed E-state index contributed by atoms with van der Waals surface area (Å²) >= 11 is 0. The Morgan fingerprint density at radius 3 is 2.33 bits per heavy atom. The van der Waals surface area contributed by atoms with Crippen LogP contribution in [-0.2, 0) is 9.59 Å². The number of carbonyl (C=O) groups excluding carboxylic acids is 2. The first-order chi connectivity index (χ1) is 11.6. The number of amides is 2. The van der Waals surface area contributed by atoms with Crippen molar-refractivity contribution in [3.05, 3.63) is 60.2 Å². The third kappa shape index (κ3) is 2.07. The minimum absolute atomic E-state index is 0.259. The topological polar surface area (TPSA) is 65.3 Å². The average molecular weight is 328 g/mol. The monoisotopic (exact) mass is 328 g/mol. The van der Waals surface area contributed by atoms with Crippen molar-refractivity contribution in [1.29, 1.82) is 0 Å². The summed E-state index contributed by atoms with van der Waals surface area (Å²) in [5, 5.41) is 8.92. The van der Waals surface area contributed by atoms with Crippen LogP contribution in [0.15, 0.2) is 58.9 Å². The maximum Gasteiger partial charge on any atom is 0.263 e. The van der Waals surface area contributed by atoms with E-state index in [1.807, 2.05) is 0 Å². The molecule has 8 heteroatoms. The van der Waals surface area contributed by atoms with Crippen LogP contribution in [0.25, 0.3) is 0 Å². The van der Waals surface area contributed by atoms with Gasteiger partial charge in [0.15, 0.2) is 12.1 Å². The van der Waals surface area contributed by atoms with E-state index in [4.69, 9.17) is 0 Å². The van der Waals surface area contributed by atoms with Crippen LogP contribution in [0.4, 0.5) is 20.2 Å². The average Bonchev–Trinajstić information content (AvgIpc) is 3.10. The number of nitrogens with zero attached hydrogens (tertiary/aromatic N) is 4. The lowest BCUT2D eigenvalue weighted by molar-refractivity contribution is -0.121. The minimum Gasteiger partial charge on any atom is -0.271 e. The molecule has 24 heavy (non-hydrogen) atoms. The fraction of sp³-hybridized carbons (Fsp3) is 0.125. The second kappa shape index (κ2) is 5.19. The van der Waals surface area contributed by atoms with Gasteiger partial charge < -0.3 is 0 Å². The van der Waals surface area contributed by atoms with E-state index in [9.17, 15) is 18.4 Å². The molecular formula is C16H10F2N4O2. The van der Waals surface area contributed by atoms with E-state index in [1.165, 1.54) is 35.3 Å². The highest BCUT2D eigenvalue weighted by Gasteiger charge is 2.55. The predicted molar refractivity (Wildman–Crippen MR) is 80.2 cm³/mol. The highest BCUT2D eigenvalue weighted by atomic mass is 19.1. The standard InChI is InChI=1S/C16H10F2N4O2/c17-9-4-6-11(7-5-9)21-15(23)13-14(16(21)24)22(20-19-13)12-3-1-2-10(18)8-12/h1-8,13-14H. The van der Waals surface area contributed by atoms with Crippen molar-refractivity contribution in [3.63, 3.8) is 0 Å². The van der Waals surface area contributed by atoms with Gasteiger partial charge in [0.25, 0.3) is 11.8 Å². The van der Waals surface area contributed by atoms with Gasteiger partial charge >= 0.3 is 0 Å². The molecule has 1 saturated heterocycles. The van der Waals surface area contributed by atoms with Crippen LogP contribution in [0.3, 0.4) is 0 Å². The summed E-state index contributed by atoms with van der Waals surface area (Å²) in [7, 11) is 0. The van der Waals surface area contributed by atoms with Gasteiger partial charge in [-0.1, -0.05) is 11.3 Å². The third-order valence-corrected chi connectivity index (χ3v) is 3.94. The number of benzene rings is 2. The zero-order chi connectivity index (χ0) is 16.8. The zero-order valence-corrected chi connectivity index (χ0v) is 12.1. The van der Waals surface area contributed by atoms with E-state index in [0.29, 0.717) is 5.69 Å². The Balaban J connectivity index is 1.70. The molecule has 0 aromatic heterocycles. The molecule has 2 unspecified atom stereocenters. The molecule has 120 valence electrons. The molecule has 2 aliphatic heterocycles. The van der Waals surface area contributed by atoms with Crippen LogP contribution in [0.1, 0.15) is 0 Å². The number of hydrogen-bond acceptors (Lipinski definition) is 5. The Morgan fingerprint density at radius 2 is 1.62 bits per heavy atom. The molecular weight excluding hydrogens is 318 g/mol. The van der Waals surface area contributed by atoms with Gasteiger partial charge in [0.05, 0.1) is 11.4 Å². The Morgan fingerprint density at radius 1 is 0.875 bits per heavy atom. The van der Waals surface area contributed by atoms with Crippen molar-refractivity contribution in [1.82, 2.24) is 0 Å². The molecule has 2 aromatic rings. The van der Waals surface area contributed by atoms with E-state index >= 15 is 0 Å². The summed E-state index contributed by atoms with van der Waals surface area (Å²) in [6, 6.07) is 8.57. The molecule has 2 aliphatic rings. The third-order valence-electron chi connectivity index (χ3n) is 3.94. The number of rotatable bonds is 2. The van der Waals surface area contributed by atoms with Crippen molar-refractivity contribution in [3.8, 4) is 0 Å². The van der Waals surface area contributed by atoms with Crippen LogP contribution in [0.5, 0.6) is 0 Å². The molecule has 4 rings (SSSR count). The number of imide groups is 1. The van der Waals surface area contributed by atoms with E-state index in [0.717, 1.165) is 17.0 Å². The van der Waals surface area contributed by atoms with Crippen LogP contribution in [0.2, 0.25) is 0 Å². The smallest absolute Gasteiger partial charge is 0.263 e. The molecule has 1 fully saturated rings. The van der Waals surface area contributed by atoms with Crippen molar-refractivity contribution >= 4 is 23.2 Å². The van der Waals surface area contributed by atoms with Gasteiger partial charge in [-0.25, -0.2) is 18.7 Å². The summed E-state index contributed by atoms with van der Waals surface area (Å²) in [6.07, 6.45) is 0. The summed E-state index contributed by atoms with van der Waals surface area (Å²) in [4.78, 5) is 26.1. The number of halogens is 2. The Labute approximate surface area is 135 Å². The van der Waals surface area contributed by atoms with Gasteiger partial charge in [0.1, 0.15) is 11.6 Å². The van der Waals surface area contributed by atoms with Crippen LogP contribution in [0, 0.1) is 11.6 Å². The van der Waals surface area contributed by atoms with Crippen LogP contribution < -0.4 is 9.91 Å². The fourth-order valence-corrected chi connectivity index (χ4v) is 2.84. The van der Waals surface area contributed by atoms with Gasteiger partial charge in [0, 0.05) is 0 Å². The number of hydrogen-bond donors (Lipinski definition) is 0. The SMILES string of the molecule is O=C1C2N=NN(c3cccc(F)c3)C2C(=O)N1c1ccc(F)cc1. The molecule has 6 nitrogen and oxygen atoms in total. The molecule has 2 heterocycles. The molecule has 0 N–H and O–H groups in total. The lowest BCUT2D eigenvalue weighted by Gasteiger charge is -2.20. The quantitative estimate of drug-likeness (QED) is 0.796. The maximum atomic E-state index is 13.4. The van der Waals surface area contributed by atoms with Crippen molar-refractivity contribution < 1.29 is 18.4 Å². The second-order valence-corrected chi connectivity index (χ2v) is 5.41. The lowest BCUT2D eigenvalue weighted by atomic mass is 10.1. The first-order valence-corrected chi connectivity index (χ1v) is 7.15. The minimum atomic E-state index is -0.995. The molecule has 2 atom stereocenters. The summed E-state index contributed by atoms with van der Waals surface area (Å²) in [5.41, 5.74) is 0.587. The molecule has 0 aliphatic carbocycles. The van der Waals surface area contributed by atoms with E-state index in [2.05, 4.69) is 10.3 Å². The predicted octanol–water partition coefficient (Wildman–Crippen LogP) is 2.46. The number of anilines is 2. The van der Waals surface area contributed by atoms with Crippen molar-refractivity contribution in [2.24, 2.45) is 10.3 Å².